The molecule has 4 aromatic rings. The zero-order valence-electron chi connectivity index (χ0n) is 23.6. The average molecular weight is 638 g/mol. The molecule has 228 valence electrons. The molecule has 0 atom stereocenters. The van der Waals surface area contributed by atoms with Gasteiger partial charge in [0.1, 0.15) is 16.5 Å². The van der Waals surface area contributed by atoms with E-state index in [1.807, 2.05) is 0 Å². The predicted octanol–water partition coefficient (Wildman–Crippen LogP) is 4.61. The zero-order chi connectivity index (χ0) is 31.0. The van der Waals surface area contributed by atoms with Gasteiger partial charge in [-0.1, -0.05) is 17.9 Å². The third-order valence-electron chi connectivity index (χ3n) is 7.81. The summed E-state index contributed by atoms with van der Waals surface area (Å²) in [7, 11) is -4.25. The van der Waals surface area contributed by atoms with Crippen LogP contribution in [0.2, 0.25) is 0 Å². The summed E-state index contributed by atoms with van der Waals surface area (Å²) in [6, 6.07) is 8.35. The van der Waals surface area contributed by atoms with Crippen molar-refractivity contribution in [3.63, 3.8) is 0 Å². The summed E-state index contributed by atoms with van der Waals surface area (Å²) >= 11 is 1.13. The van der Waals surface area contributed by atoms with E-state index in [1.54, 1.807) is 16.8 Å². The molecule has 13 heteroatoms. The Morgan fingerprint density at radius 1 is 1.11 bits per heavy atom. The summed E-state index contributed by atoms with van der Waals surface area (Å²) < 4.78 is 55.0. The second-order valence-electron chi connectivity index (χ2n) is 11.1. The fourth-order valence-corrected chi connectivity index (χ4v) is 6.73. The number of hydrogen-bond donors (Lipinski definition) is 2. The first-order valence-electron chi connectivity index (χ1n) is 14.2. The number of rotatable bonds is 9. The molecule has 44 heavy (non-hydrogen) atoms. The molecule has 0 amide bonds. The lowest BCUT2D eigenvalue weighted by Crippen LogP contribution is -2.18. The Labute approximate surface area is 257 Å². The first-order chi connectivity index (χ1) is 21.1. The second-order valence-corrected chi connectivity index (χ2v) is 13.5. The van der Waals surface area contributed by atoms with Gasteiger partial charge in [0.2, 0.25) is 15.2 Å². The number of carboxylic acid groups (broad SMARTS) is 1. The summed E-state index contributed by atoms with van der Waals surface area (Å²) in [5.74, 6) is 3.83. The van der Waals surface area contributed by atoms with Crippen LogP contribution in [0.25, 0.3) is 16.4 Å². The summed E-state index contributed by atoms with van der Waals surface area (Å²) in [6.07, 6.45) is 5.07. The van der Waals surface area contributed by atoms with Crippen molar-refractivity contribution in [1.29, 1.82) is 0 Å². The molecule has 6 rings (SSSR count). The summed E-state index contributed by atoms with van der Waals surface area (Å²) in [4.78, 5) is 17.5. The van der Waals surface area contributed by atoms with Crippen molar-refractivity contribution >= 4 is 27.3 Å². The molecule has 1 aliphatic carbocycles. The normalized spacial score (nSPS) is 15.3. The molecule has 1 saturated carbocycles. The Balaban J connectivity index is 1.47. The van der Waals surface area contributed by atoms with Crippen molar-refractivity contribution in [2.45, 2.75) is 43.4 Å². The largest absolute Gasteiger partial charge is 0.476 e. The van der Waals surface area contributed by atoms with Crippen molar-refractivity contribution in [2.24, 2.45) is 11.1 Å². The Morgan fingerprint density at radius 2 is 1.89 bits per heavy atom. The molecule has 3 N–H and O–H groups in total. The molecule has 9 nitrogen and oxygen atoms in total. The predicted molar refractivity (Wildman–Crippen MR) is 161 cm³/mol. The highest BCUT2D eigenvalue weighted by Crippen LogP contribution is 2.38. The van der Waals surface area contributed by atoms with Gasteiger partial charge in [-0.2, -0.15) is 5.10 Å². The van der Waals surface area contributed by atoms with Crippen molar-refractivity contribution in [3.05, 3.63) is 81.5 Å². The van der Waals surface area contributed by atoms with Gasteiger partial charge in [-0.25, -0.2) is 36.8 Å². The smallest absolute Gasteiger partial charge is 0.355 e. The summed E-state index contributed by atoms with van der Waals surface area (Å²) in [6.45, 7) is 2.49. The number of benzene rings is 2. The maximum atomic E-state index is 14.9. The van der Waals surface area contributed by atoms with E-state index in [0.717, 1.165) is 67.9 Å². The van der Waals surface area contributed by atoms with Crippen molar-refractivity contribution in [3.8, 4) is 28.2 Å². The van der Waals surface area contributed by atoms with Gasteiger partial charge in [0.05, 0.1) is 23.5 Å². The number of sulfonamides is 1. The first kappa shape index (κ1) is 30.1. The number of aromatic carboxylic acids is 1. The molecule has 0 unspecified atom stereocenters. The van der Waals surface area contributed by atoms with E-state index in [0.29, 0.717) is 46.4 Å². The number of hydrogen-bond acceptors (Lipinski definition) is 7. The number of primary sulfonamides is 1. The van der Waals surface area contributed by atoms with E-state index < -0.39 is 32.5 Å². The van der Waals surface area contributed by atoms with Gasteiger partial charge >= 0.3 is 5.97 Å². The lowest BCUT2D eigenvalue weighted by Gasteiger charge is -2.10. The first-order valence-corrected chi connectivity index (χ1v) is 16.6. The third-order valence-corrected chi connectivity index (χ3v) is 9.57. The zero-order valence-corrected chi connectivity index (χ0v) is 25.2. The van der Waals surface area contributed by atoms with E-state index in [9.17, 15) is 27.1 Å². The maximum absolute atomic E-state index is 14.9. The van der Waals surface area contributed by atoms with E-state index in [-0.39, 0.29) is 17.7 Å². The lowest BCUT2D eigenvalue weighted by molar-refractivity contribution is 0.0691. The third kappa shape index (κ3) is 6.58. The van der Waals surface area contributed by atoms with Crippen molar-refractivity contribution in [2.75, 3.05) is 19.6 Å². The van der Waals surface area contributed by atoms with Gasteiger partial charge in [-0.15, -0.1) is 11.3 Å². The van der Waals surface area contributed by atoms with E-state index >= 15 is 0 Å². The maximum Gasteiger partial charge on any atom is 0.355 e. The molecular formula is C31H29F2N5O4S2. The highest BCUT2D eigenvalue weighted by molar-refractivity contribution is 7.89. The topological polar surface area (TPSA) is 131 Å². The molecule has 2 aromatic carbocycles. The fourth-order valence-electron chi connectivity index (χ4n) is 5.37. The number of halogens is 2. The van der Waals surface area contributed by atoms with Crippen molar-refractivity contribution < 1.29 is 27.1 Å². The Morgan fingerprint density at radius 3 is 2.55 bits per heavy atom. The van der Waals surface area contributed by atoms with Crippen LogP contribution in [-0.2, 0) is 22.9 Å². The van der Waals surface area contributed by atoms with Gasteiger partial charge in [0.25, 0.3) is 0 Å². The minimum Gasteiger partial charge on any atom is -0.476 e. The number of nitrogens with zero attached hydrogens (tertiary/aromatic N) is 4. The van der Waals surface area contributed by atoms with Gasteiger partial charge in [0, 0.05) is 22.9 Å². The number of thiazole rings is 1. The number of nitrogens with two attached hydrogens (primary N) is 1. The number of carbonyl (C=O) groups is 1. The highest BCUT2D eigenvalue weighted by Gasteiger charge is 2.30. The molecule has 2 aliphatic rings. The Hall–Kier alpha value is -3.96. The van der Waals surface area contributed by atoms with Crippen LogP contribution in [0.5, 0.6) is 0 Å². The minimum atomic E-state index is -4.25. The van der Waals surface area contributed by atoms with E-state index in [2.05, 4.69) is 21.7 Å². The van der Waals surface area contributed by atoms with Gasteiger partial charge in [-0.3, -0.25) is 4.90 Å². The molecule has 1 saturated heterocycles. The van der Waals surface area contributed by atoms with E-state index in [1.165, 1.54) is 17.5 Å². The summed E-state index contributed by atoms with van der Waals surface area (Å²) in [5.41, 5.74) is 3.15. The highest BCUT2D eigenvalue weighted by atomic mass is 32.2. The Bertz CT molecular complexity index is 1920. The molecule has 0 radical (unpaired) electrons. The molecule has 1 aliphatic heterocycles. The van der Waals surface area contributed by atoms with Gasteiger partial charge < -0.3 is 5.11 Å². The van der Waals surface area contributed by atoms with Crippen LogP contribution in [-0.4, -0.2) is 58.8 Å². The van der Waals surface area contributed by atoms with Crippen LogP contribution >= 0.6 is 11.3 Å². The number of likely N-dealkylation sites (tertiary alicyclic amines) is 1. The molecular weight excluding hydrogens is 609 g/mol. The SMILES string of the molecule is NS(=O)(=O)c1ccc(Cc2c(-c3ccc(F)c(C#CCN4CCCC4)c3)nn(-c3nc(C(=O)O)cs3)c2CC2CC2)cc1F. The molecule has 2 aromatic heterocycles. The van der Waals surface area contributed by atoms with Crippen LogP contribution in [0.15, 0.2) is 46.7 Å². The average Bonchev–Trinajstić information content (AvgIpc) is 3.32. The van der Waals surface area contributed by atoms with Gasteiger partial charge in [0.15, 0.2) is 5.69 Å². The summed E-state index contributed by atoms with van der Waals surface area (Å²) in [5, 5.41) is 21.3. The minimum absolute atomic E-state index is 0.112. The standard InChI is InChI=1S/C31H29F2N5O4S2/c32-24-9-8-22(17-21(24)4-3-13-37-11-1-2-12-37)29-23(14-20-7-10-28(25(33)15-20)44(34,41)42)27(16-19-5-6-19)38(36-29)31-35-26(18-43-31)30(39)40/h7-10,15,17-19H,1-2,5-6,11-14,16H2,(H,39,40)(H2,34,41,42). The lowest BCUT2D eigenvalue weighted by atomic mass is 9.96. The quantitative estimate of drug-likeness (QED) is 0.256. The van der Waals surface area contributed by atoms with Crippen molar-refractivity contribution in [1.82, 2.24) is 19.7 Å². The monoisotopic (exact) mass is 637 g/mol. The van der Waals surface area contributed by atoms with Crippen LogP contribution in [0, 0.1) is 29.4 Å². The number of carboxylic acids is 1. The molecule has 0 spiro atoms. The van der Waals surface area contributed by atoms with Crippen LogP contribution in [0.4, 0.5) is 8.78 Å². The Kier molecular flexibility index (Phi) is 8.34. The second kappa shape index (κ2) is 12.2. The molecule has 0 bridgehead atoms. The number of aromatic nitrogens is 3. The molecule has 3 heterocycles. The molecule has 2 fully saturated rings. The van der Waals surface area contributed by atoms with E-state index in [4.69, 9.17) is 10.2 Å². The fraction of sp³-hybridized carbons (Fsp3) is 0.323. The van der Waals surface area contributed by atoms with Gasteiger partial charge in [-0.05, 0) is 87.0 Å². The van der Waals surface area contributed by atoms with Crippen LogP contribution in [0.1, 0.15) is 58.6 Å². The van der Waals surface area contributed by atoms with Crippen LogP contribution < -0.4 is 5.14 Å². The van der Waals surface area contributed by atoms with Crippen LogP contribution in [0.3, 0.4) is 0 Å².